The molecule has 0 bridgehead atoms. The van der Waals surface area contributed by atoms with Crippen LogP contribution in [-0.2, 0) is 30.6 Å². The lowest BCUT2D eigenvalue weighted by atomic mass is 10.1. The van der Waals surface area contributed by atoms with Gasteiger partial charge in [0, 0.05) is 18.8 Å². The first-order chi connectivity index (χ1) is 13.3. The van der Waals surface area contributed by atoms with Gasteiger partial charge in [-0.3, -0.25) is 9.59 Å². The van der Waals surface area contributed by atoms with Crippen molar-refractivity contribution in [1.29, 1.82) is 0 Å². The molecule has 2 aromatic heterocycles. The van der Waals surface area contributed by atoms with E-state index in [9.17, 15) is 22.8 Å². The Morgan fingerprint density at radius 2 is 1.79 bits per heavy atom. The van der Waals surface area contributed by atoms with Crippen molar-refractivity contribution in [2.24, 2.45) is 0 Å². The highest BCUT2D eigenvalue weighted by Gasteiger charge is 2.31. The summed E-state index contributed by atoms with van der Waals surface area (Å²) < 4.78 is 40.6. The third kappa shape index (κ3) is 5.06. The van der Waals surface area contributed by atoms with Crippen LogP contribution in [0.3, 0.4) is 0 Å². The van der Waals surface area contributed by atoms with Crippen LogP contribution in [0.5, 0.6) is 0 Å². The van der Waals surface area contributed by atoms with Crippen LogP contribution in [0.15, 0.2) is 60.0 Å². The van der Waals surface area contributed by atoms with Gasteiger partial charge in [-0.25, -0.2) is 9.67 Å². The number of hydrogen-bond acceptors (Lipinski definition) is 4. The van der Waals surface area contributed by atoms with Crippen LogP contribution in [0.25, 0.3) is 0 Å². The molecular weight excluding hydrogens is 375 g/mol. The predicted molar refractivity (Wildman–Crippen MR) is 93.1 cm³/mol. The van der Waals surface area contributed by atoms with Crippen LogP contribution in [-0.4, -0.2) is 25.2 Å². The van der Waals surface area contributed by atoms with Crippen molar-refractivity contribution in [1.82, 2.24) is 24.6 Å². The topological polar surface area (TPSA) is 81.8 Å². The van der Waals surface area contributed by atoms with Crippen molar-refractivity contribution < 1.29 is 18.0 Å². The molecule has 3 aromatic rings. The number of halogens is 3. The van der Waals surface area contributed by atoms with Crippen LogP contribution < -0.4 is 10.9 Å². The third-order valence-corrected chi connectivity index (χ3v) is 3.95. The first-order valence-corrected chi connectivity index (χ1v) is 8.26. The highest BCUT2D eigenvalue weighted by atomic mass is 19.4. The van der Waals surface area contributed by atoms with Gasteiger partial charge in [-0.15, -0.1) is 0 Å². The Kier molecular flexibility index (Phi) is 5.57. The Balaban J connectivity index is 1.56. The van der Waals surface area contributed by atoms with E-state index in [1.165, 1.54) is 6.33 Å². The highest BCUT2D eigenvalue weighted by Crippen LogP contribution is 2.27. The normalized spacial score (nSPS) is 11.4. The summed E-state index contributed by atoms with van der Waals surface area (Å²) in [4.78, 5) is 27.5. The molecule has 0 spiro atoms. The van der Waals surface area contributed by atoms with Gasteiger partial charge in [0.05, 0.1) is 12.1 Å². The SMILES string of the molecule is O=C(Cn1cc(C(F)(F)F)ccc1=O)NCc1ccc(Cn2cncn2)cc1. The molecular formula is C18H16F3N5O2. The molecule has 0 atom stereocenters. The molecule has 146 valence electrons. The summed E-state index contributed by atoms with van der Waals surface area (Å²) in [6.45, 7) is 0.258. The molecule has 0 fully saturated rings. The van der Waals surface area contributed by atoms with Crippen LogP contribution in [0.1, 0.15) is 16.7 Å². The Morgan fingerprint density at radius 3 is 2.43 bits per heavy atom. The van der Waals surface area contributed by atoms with Gasteiger partial charge in [-0.05, 0) is 17.2 Å². The van der Waals surface area contributed by atoms with Gasteiger partial charge in [-0.1, -0.05) is 24.3 Å². The molecule has 1 N–H and O–H groups in total. The summed E-state index contributed by atoms with van der Waals surface area (Å²) in [5.74, 6) is -0.562. The first kappa shape index (κ1) is 19.3. The van der Waals surface area contributed by atoms with E-state index in [1.807, 2.05) is 24.3 Å². The van der Waals surface area contributed by atoms with E-state index in [2.05, 4.69) is 15.4 Å². The molecule has 28 heavy (non-hydrogen) atoms. The average Bonchev–Trinajstić information content (AvgIpc) is 3.15. The number of benzene rings is 1. The van der Waals surface area contributed by atoms with E-state index < -0.39 is 29.8 Å². The lowest BCUT2D eigenvalue weighted by molar-refractivity contribution is -0.138. The molecule has 0 aliphatic rings. The number of amides is 1. The second-order valence-electron chi connectivity index (χ2n) is 6.07. The summed E-state index contributed by atoms with van der Waals surface area (Å²) in [7, 11) is 0. The quantitative estimate of drug-likeness (QED) is 0.695. The van der Waals surface area contributed by atoms with Crippen LogP contribution in [0.2, 0.25) is 0 Å². The number of alkyl halides is 3. The van der Waals surface area contributed by atoms with Crippen LogP contribution in [0.4, 0.5) is 13.2 Å². The zero-order valence-corrected chi connectivity index (χ0v) is 14.6. The Labute approximate surface area is 157 Å². The molecule has 0 saturated heterocycles. The fourth-order valence-corrected chi connectivity index (χ4v) is 2.50. The monoisotopic (exact) mass is 391 g/mol. The maximum absolute atomic E-state index is 12.7. The minimum Gasteiger partial charge on any atom is -0.350 e. The molecule has 2 heterocycles. The van der Waals surface area contributed by atoms with E-state index in [4.69, 9.17) is 0 Å². The predicted octanol–water partition coefficient (Wildman–Crippen LogP) is 1.82. The summed E-state index contributed by atoms with van der Waals surface area (Å²) in [5.41, 5.74) is 0.145. The Bertz CT molecular complexity index is 995. The second kappa shape index (κ2) is 8.07. The number of pyridine rings is 1. The second-order valence-corrected chi connectivity index (χ2v) is 6.07. The summed E-state index contributed by atoms with van der Waals surface area (Å²) in [6, 6.07) is 8.88. The number of rotatable bonds is 6. The fourth-order valence-electron chi connectivity index (χ4n) is 2.50. The van der Waals surface area contributed by atoms with Crippen molar-refractivity contribution in [3.05, 3.63) is 82.3 Å². The molecule has 1 aromatic carbocycles. The number of nitrogens with zero attached hydrogens (tertiary/aromatic N) is 4. The standard InChI is InChI=1S/C18H16F3N5O2/c19-18(20,21)15-5-6-17(28)25(9-15)10-16(27)23-7-13-1-3-14(4-2-13)8-26-12-22-11-24-26/h1-6,9,11-12H,7-8,10H2,(H,23,27). The minimum atomic E-state index is -4.58. The van der Waals surface area contributed by atoms with E-state index in [0.29, 0.717) is 18.8 Å². The number of hydrogen-bond donors (Lipinski definition) is 1. The summed E-state index contributed by atoms with van der Waals surface area (Å²) >= 11 is 0. The number of carbonyl (C=O) groups is 1. The van der Waals surface area contributed by atoms with Crippen molar-refractivity contribution >= 4 is 5.91 Å². The maximum Gasteiger partial charge on any atom is 0.417 e. The number of carbonyl (C=O) groups excluding carboxylic acids is 1. The zero-order chi connectivity index (χ0) is 20.1. The van der Waals surface area contributed by atoms with E-state index >= 15 is 0 Å². The summed E-state index contributed by atoms with van der Waals surface area (Å²) in [5, 5.41) is 6.60. The molecule has 0 aliphatic carbocycles. The van der Waals surface area contributed by atoms with Gasteiger partial charge in [0.25, 0.3) is 5.56 Å². The average molecular weight is 391 g/mol. The Morgan fingerprint density at radius 1 is 1.07 bits per heavy atom. The Hall–Kier alpha value is -3.43. The van der Waals surface area contributed by atoms with E-state index in [0.717, 1.165) is 21.8 Å². The lowest BCUT2D eigenvalue weighted by Gasteiger charge is -2.11. The van der Waals surface area contributed by atoms with Gasteiger partial charge < -0.3 is 9.88 Å². The number of aromatic nitrogens is 4. The van der Waals surface area contributed by atoms with Crippen LogP contribution in [0, 0.1) is 0 Å². The molecule has 10 heteroatoms. The summed E-state index contributed by atoms with van der Waals surface area (Å²) in [6.07, 6.45) is -0.899. The van der Waals surface area contributed by atoms with Gasteiger partial charge in [0.1, 0.15) is 19.2 Å². The van der Waals surface area contributed by atoms with E-state index in [1.54, 1.807) is 11.0 Å². The largest absolute Gasteiger partial charge is 0.417 e. The molecule has 3 rings (SSSR count). The third-order valence-electron chi connectivity index (χ3n) is 3.95. The molecule has 0 aliphatic heterocycles. The van der Waals surface area contributed by atoms with Gasteiger partial charge in [0.2, 0.25) is 5.91 Å². The minimum absolute atomic E-state index is 0.191. The molecule has 0 radical (unpaired) electrons. The van der Waals surface area contributed by atoms with Crippen LogP contribution >= 0.6 is 0 Å². The zero-order valence-electron chi connectivity index (χ0n) is 14.6. The molecule has 1 amide bonds. The van der Waals surface area contributed by atoms with Gasteiger partial charge in [-0.2, -0.15) is 18.3 Å². The molecule has 0 saturated carbocycles. The van der Waals surface area contributed by atoms with Gasteiger partial charge >= 0.3 is 6.18 Å². The fraction of sp³-hybridized carbons (Fsp3) is 0.222. The number of nitrogens with one attached hydrogen (secondary N) is 1. The smallest absolute Gasteiger partial charge is 0.350 e. The van der Waals surface area contributed by atoms with E-state index in [-0.39, 0.29) is 6.54 Å². The van der Waals surface area contributed by atoms with Crippen molar-refractivity contribution in [2.75, 3.05) is 0 Å². The lowest BCUT2D eigenvalue weighted by Crippen LogP contribution is -2.32. The van der Waals surface area contributed by atoms with Crippen molar-refractivity contribution in [3.63, 3.8) is 0 Å². The highest BCUT2D eigenvalue weighted by molar-refractivity contribution is 5.75. The maximum atomic E-state index is 12.7. The van der Waals surface area contributed by atoms with Gasteiger partial charge in [0.15, 0.2) is 0 Å². The molecule has 0 unspecified atom stereocenters. The van der Waals surface area contributed by atoms with Crippen molar-refractivity contribution in [2.45, 2.75) is 25.8 Å². The molecule has 7 nitrogen and oxygen atoms in total. The van der Waals surface area contributed by atoms with Crippen molar-refractivity contribution in [3.8, 4) is 0 Å². The first-order valence-electron chi connectivity index (χ1n) is 8.26.